The summed E-state index contributed by atoms with van der Waals surface area (Å²) in [5.41, 5.74) is 17.8. The number of nitrogens with one attached hydrogen (secondary N) is 13. The van der Waals surface area contributed by atoms with Gasteiger partial charge in [-0.3, -0.25) is 67.1 Å². The molecule has 2 aromatic carbocycles. The number of amides is 13. The van der Waals surface area contributed by atoms with Crippen molar-refractivity contribution in [2.24, 2.45) is 29.0 Å². The molecule has 35 nitrogen and oxygen atoms in total. The molecule has 0 aliphatic heterocycles. The van der Waals surface area contributed by atoms with E-state index in [9.17, 15) is 92.3 Å². The average molecular weight is 1450 g/mol. The molecule has 0 aliphatic rings. The molecular formula is C63H98N16O19S2. The molecule has 100 heavy (non-hydrogen) atoms. The van der Waals surface area contributed by atoms with Crippen LogP contribution in [0.15, 0.2) is 48.5 Å². The van der Waals surface area contributed by atoms with Crippen LogP contribution in [0, 0.1) is 11.8 Å². The minimum Gasteiger partial charge on any atom is -0.508 e. The van der Waals surface area contributed by atoms with Gasteiger partial charge in [-0.05, 0) is 112 Å². The fourth-order valence-corrected chi connectivity index (χ4v) is 9.79. The number of carbonyl (C=O) groups is 15. The van der Waals surface area contributed by atoms with Crippen molar-refractivity contribution < 1.29 is 92.3 Å². The molecule has 2 rings (SSSR count). The molecule has 0 spiro atoms. The number of hydrogen-bond donors (Lipinski definition) is 22. The van der Waals surface area contributed by atoms with E-state index < -0.39 is 200 Å². The van der Waals surface area contributed by atoms with Gasteiger partial charge < -0.3 is 107 Å². The highest BCUT2D eigenvalue weighted by atomic mass is 32.1. The predicted molar refractivity (Wildman–Crippen MR) is 369 cm³/mol. The van der Waals surface area contributed by atoms with Crippen molar-refractivity contribution in [1.29, 1.82) is 0 Å². The van der Waals surface area contributed by atoms with Crippen molar-refractivity contribution in [2.75, 3.05) is 50.8 Å². The van der Waals surface area contributed by atoms with Crippen LogP contribution in [-0.4, -0.2) is 220 Å². The van der Waals surface area contributed by atoms with E-state index in [1.165, 1.54) is 55.5 Å². The lowest BCUT2D eigenvalue weighted by molar-refractivity contribution is -0.143. The average Bonchev–Trinajstić information content (AvgIpc) is 0.865. The fourth-order valence-electron chi connectivity index (χ4n) is 9.28. The molecule has 0 aliphatic carbocycles. The third-order valence-corrected chi connectivity index (χ3v) is 15.6. The number of phenolic OH excluding ortho intramolecular Hbond substituents is 2. The Balaban J connectivity index is 2.29. The molecule has 10 atom stereocenters. The number of hydrogen-bond acceptors (Lipinski definition) is 22. The highest BCUT2D eigenvalue weighted by Gasteiger charge is 2.35. The first-order valence-corrected chi connectivity index (χ1v) is 33.7. The number of carbonyl (C=O) groups excluding carboxylic acids is 13. The van der Waals surface area contributed by atoms with E-state index in [0.717, 1.165) is 0 Å². The first kappa shape index (κ1) is 86.8. The van der Waals surface area contributed by atoms with Gasteiger partial charge in [0, 0.05) is 30.8 Å². The van der Waals surface area contributed by atoms with Gasteiger partial charge in [0.05, 0.1) is 32.2 Å². The van der Waals surface area contributed by atoms with E-state index in [4.69, 9.17) is 17.2 Å². The number of aromatic hydroxyl groups is 2. The number of phenols is 2. The van der Waals surface area contributed by atoms with Gasteiger partial charge >= 0.3 is 11.9 Å². The van der Waals surface area contributed by atoms with Gasteiger partial charge in [-0.2, -0.15) is 25.3 Å². The topological polar surface area (TPSA) is 571 Å². The van der Waals surface area contributed by atoms with Gasteiger partial charge in [0.15, 0.2) is 0 Å². The molecule has 0 bridgehead atoms. The second-order valence-electron chi connectivity index (χ2n) is 24.2. The van der Waals surface area contributed by atoms with Crippen molar-refractivity contribution in [3.63, 3.8) is 0 Å². The second-order valence-corrected chi connectivity index (χ2v) is 24.9. The normalized spacial score (nSPS) is 14.0. The van der Waals surface area contributed by atoms with E-state index in [1.807, 2.05) is 0 Å². The van der Waals surface area contributed by atoms with Crippen LogP contribution in [0.5, 0.6) is 11.5 Å². The summed E-state index contributed by atoms with van der Waals surface area (Å²) in [5, 5.41) is 70.5. The number of aliphatic carboxylic acids is 2. The Morgan fingerprint density at radius 1 is 0.410 bits per heavy atom. The quantitative estimate of drug-likeness (QED) is 0.0218. The molecule has 0 heterocycles. The van der Waals surface area contributed by atoms with E-state index in [-0.39, 0.29) is 55.4 Å². The molecule has 2 aromatic rings. The van der Waals surface area contributed by atoms with Crippen LogP contribution < -0.4 is 86.3 Å². The monoisotopic (exact) mass is 1450 g/mol. The summed E-state index contributed by atoms with van der Waals surface area (Å²) in [6, 6.07) is -3.11. The van der Waals surface area contributed by atoms with Gasteiger partial charge in [0.1, 0.15) is 65.9 Å². The third-order valence-electron chi connectivity index (χ3n) is 14.9. The number of rotatable bonds is 47. The lowest BCUT2D eigenvalue weighted by atomic mass is 10.0. The maximum atomic E-state index is 14.5. The summed E-state index contributed by atoms with van der Waals surface area (Å²) < 4.78 is 0. The first-order chi connectivity index (χ1) is 47.2. The van der Waals surface area contributed by atoms with Crippen LogP contribution in [0.1, 0.15) is 104 Å². The minimum absolute atomic E-state index is 0.00582. The summed E-state index contributed by atoms with van der Waals surface area (Å²) in [7, 11) is 0. The highest BCUT2D eigenvalue weighted by Crippen LogP contribution is 2.15. The molecule has 0 fully saturated rings. The smallest absolute Gasteiger partial charge is 0.326 e. The lowest BCUT2D eigenvalue weighted by Gasteiger charge is -2.28. The SMILES string of the molecule is CC(C)C[C@H](NC(=O)[C@H](Cc1ccc(O)cc1)NC(=O)[C@H](CS)NC(=O)[C@H](CCCCN)NC(=O)CNC(=O)CNC(=O)CNC(=O)[C@@H](N)CCCCN)C(=O)N[C@@H](CS)C(=O)N[C@H](CCC(=O)O)C(=O)N[C@@H](C)C(=O)N[C@@H](Cc1ccc(O)cc1)C(=O)NCC(=O)N[C@H](C(=O)O)C(C)C. The maximum absolute atomic E-state index is 14.5. The number of carboxylic acid groups (broad SMARTS) is 2. The Morgan fingerprint density at radius 3 is 1.27 bits per heavy atom. The van der Waals surface area contributed by atoms with Crippen LogP contribution in [0.2, 0.25) is 0 Å². The van der Waals surface area contributed by atoms with E-state index >= 15 is 0 Å². The van der Waals surface area contributed by atoms with Gasteiger partial charge in [-0.1, -0.05) is 58.4 Å². The summed E-state index contributed by atoms with van der Waals surface area (Å²) >= 11 is 8.52. The zero-order valence-corrected chi connectivity index (χ0v) is 58.3. The Hall–Kier alpha value is -9.33. The van der Waals surface area contributed by atoms with Crippen molar-refractivity contribution in [3.05, 3.63) is 59.7 Å². The summed E-state index contributed by atoms with van der Waals surface area (Å²) in [6.07, 6.45) is 0.535. The molecule has 37 heteroatoms. The molecule has 0 saturated heterocycles. The summed E-state index contributed by atoms with van der Waals surface area (Å²) in [4.78, 5) is 198. The van der Waals surface area contributed by atoms with Crippen molar-refractivity contribution in [2.45, 2.75) is 166 Å². The van der Waals surface area contributed by atoms with Gasteiger partial charge in [-0.15, -0.1) is 0 Å². The zero-order valence-electron chi connectivity index (χ0n) is 56.5. The Labute approximate surface area is 589 Å². The van der Waals surface area contributed by atoms with Crippen molar-refractivity contribution in [1.82, 2.24) is 69.1 Å². The standard InChI is InChI=1S/C63H98N16O19S2/c1-33(2)24-43(59(93)78-46(31-99)61(95)73-42(20-21-52(86)87)57(91)71-35(5)54(88)74-44(25-36-12-16-38(80)17-13-36)56(90)70-30-51(85)79-53(34(3)4)63(97)98)75-60(94)45(26-37-14-18-39(81)19-15-37)76-62(96)47(32-100)77-58(92)41(11-7-9-23-65)72-50(84)29-68-48(82)27-67-49(83)28-69-55(89)40(66)10-6-8-22-64/h12-19,33-35,40-47,53,80-81,99-100H,6-11,20-32,64-66H2,1-5H3,(H,67,83)(H,68,82)(H,69,89)(H,70,90)(H,71,91)(H,72,84)(H,73,95)(H,74,88)(H,75,94)(H,76,96)(H,77,92)(H,78,93)(H,79,85)(H,86,87)(H,97,98)/t35-,40-,41-,42+,43-,44-,45-,46-,47-,53-/m0/s1. The largest absolute Gasteiger partial charge is 0.508 e. The highest BCUT2D eigenvalue weighted by molar-refractivity contribution is 7.80. The molecule has 23 N–H and O–H groups in total. The van der Waals surface area contributed by atoms with Crippen LogP contribution in [0.3, 0.4) is 0 Å². The van der Waals surface area contributed by atoms with Crippen molar-refractivity contribution in [3.8, 4) is 11.5 Å². The van der Waals surface area contributed by atoms with Crippen LogP contribution in [0.25, 0.3) is 0 Å². The molecule has 556 valence electrons. The van der Waals surface area contributed by atoms with E-state index in [2.05, 4.69) is 94.4 Å². The first-order valence-electron chi connectivity index (χ1n) is 32.4. The molecule has 0 saturated carbocycles. The van der Waals surface area contributed by atoms with Gasteiger partial charge in [-0.25, -0.2) is 4.79 Å². The molecule has 0 aromatic heterocycles. The van der Waals surface area contributed by atoms with Gasteiger partial charge in [0.2, 0.25) is 76.8 Å². The third kappa shape index (κ3) is 34.0. The summed E-state index contributed by atoms with van der Waals surface area (Å²) in [5.74, 6) is -16.2. The predicted octanol–water partition coefficient (Wildman–Crippen LogP) is -5.17. The molecular weight excluding hydrogens is 1350 g/mol. The Morgan fingerprint density at radius 2 is 0.790 bits per heavy atom. The fraction of sp³-hybridized carbons (Fsp3) is 0.571. The number of thiol groups is 2. The molecule has 0 radical (unpaired) electrons. The van der Waals surface area contributed by atoms with Crippen molar-refractivity contribution >= 4 is 114 Å². The zero-order chi connectivity index (χ0) is 75.2. The van der Waals surface area contributed by atoms with Crippen LogP contribution in [0.4, 0.5) is 0 Å². The van der Waals surface area contributed by atoms with E-state index in [0.29, 0.717) is 49.8 Å². The number of benzene rings is 2. The lowest BCUT2D eigenvalue weighted by Crippen LogP contribution is -2.61. The van der Waals surface area contributed by atoms with Gasteiger partial charge in [0.25, 0.3) is 0 Å². The summed E-state index contributed by atoms with van der Waals surface area (Å²) in [6.45, 7) is 5.97. The minimum atomic E-state index is -1.69. The number of nitrogens with two attached hydrogens (primary N) is 3. The molecule has 13 amide bonds. The number of carboxylic acids is 2. The maximum Gasteiger partial charge on any atom is 0.326 e. The van der Waals surface area contributed by atoms with Crippen LogP contribution >= 0.6 is 25.3 Å². The second kappa shape index (κ2) is 46.1. The number of unbranched alkanes of at least 4 members (excludes halogenated alkanes) is 2. The van der Waals surface area contributed by atoms with E-state index in [1.54, 1.807) is 27.7 Å². The molecule has 0 unspecified atom stereocenters. The Kier molecular flexibility index (Phi) is 40.0. The van der Waals surface area contributed by atoms with Crippen LogP contribution in [-0.2, 0) is 84.8 Å². The Bertz CT molecular complexity index is 3100.